The summed E-state index contributed by atoms with van der Waals surface area (Å²) in [4.78, 5) is 24.1. The molecule has 4 rings (SSSR count). The van der Waals surface area contributed by atoms with Crippen molar-refractivity contribution in [3.63, 3.8) is 0 Å². The van der Waals surface area contributed by atoms with Crippen molar-refractivity contribution < 1.29 is 33.2 Å². The van der Waals surface area contributed by atoms with Gasteiger partial charge in [0.15, 0.2) is 5.43 Å². The third-order valence-electron chi connectivity index (χ3n) is 5.33. The van der Waals surface area contributed by atoms with Crippen LogP contribution in [0.4, 0.5) is 4.39 Å². The molecular formula is C24H21ClFNO7. The van der Waals surface area contributed by atoms with Gasteiger partial charge in [-0.25, -0.2) is 9.18 Å². The third kappa shape index (κ3) is 4.44. The number of hydrogen-bond donors (Lipinski definition) is 1. The Bertz CT molecular complexity index is 1310. The highest BCUT2D eigenvalue weighted by molar-refractivity contribution is 6.32. The molecule has 178 valence electrons. The maximum Gasteiger partial charge on any atom is 0.341 e. The average molecular weight is 490 g/mol. The van der Waals surface area contributed by atoms with E-state index in [1.54, 1.807) is 19.2 Å². The summed E-state index contributed by atoms with van der Waals surface area (Å²) in [5, 5.41) is 9.73. The van der Waals surface area contributed by atoms with E-state index in [0.717, 1.165) is 6.20 Å². The molecule has 0 spiro atoms. The summed E-state index contributed by atoms with van der Waals surface area (Å²) in [6.07, 6.45) is 0.646. The normalized spacial score (nSPS) is 14.1. The lowest BCUT2D eigenvalue weighted by Crippen LogP contribution is -2.28. The molecular weight excluding hydrogens is 469 g/mol. The van der Waals surface area contributed by atoms with Gasteiger partial charge in [0.25, 0.3) is 0 Å². The van der Waals surface area contributed by atoms with E-state index in [1.807, 2.05) is 0 Å². The van der Waals surface area contributed by atoms with Crippen LogP contribution >= 0.6 is 11.6 Å². The number of nitrogens with zero attached hydrogens (tertiary/aromatic N) is 1. The van der Waals surface area contributed by atoms with Gasteiger partial charge in [-0.2, -0.15) is 0 Å². The molecule has 0 fully saturated rings. The Balaban J connectivity index is 1.88. The highest BCUT2D eigenvalue weighted by Crippen LogP contribution is 2.45. The number of hydrogen-bond acceptors (Lipinski definition) is 6. The van der Waals surface area contributed by atoms with Crippen molar-refractivity contribution in [2.24, 2.45) is 0 Å². The summed E-state index contributed by atoms with van der Waals surface area (Å²) in [5.41, 5.74) is -0.344. The number of aromatic carboxylic acids is 1. The zero-order valence-corrected chi connectivity index (χ0v) is 19.1. The van der Waals surface area contributed by atoms with E-state index in [-0.39, 0.29) is 10.6 Å². The van der Waals surface area contributed by atoms with Crippen LogP contribution < -0.4 is 19.6 Å². The molecule has 0 amide bonds. The average Bonchev–Trinajstić information content (AvgIpc) is 2.81. The lowest BCUT2D eigenvalue weighted by molar-refractivity contribution is 0.0693. The first kappa shape index (κ1) is 23.6. The van der Waals surface area contributed by atoms with Crippen LogP contribution in [0.3, 0.4) is 0 Å². The van der Waals surface area contributed by atoms with Gasteiger partial charge in [-0.1, -0.05) is 11.6 Å². The summed E-state index contributed by atoms with van der Waals surface area (Å²) in [7, 11) is 3.03. The molecule has 1 aliphatic heterocycles. The fourth-order valence-electron chi connectivity index (χ4n) is 3.68. The van der Waals surface area contributed by atoms with E-state index in [1.165, 1.54) is 35.9 Å². The molecule has 10 heteroatoms. The van der Waals surface area contributed by atoms with Gasteiger partial charge in [-0.15, -0.1) is 0 Å². The molecule has 8 nitrogen and oxygen atoms in total. The zero-order chi connectivity index (χ0) is 24.4. The number of benzene rings is 2. The number of carboxylic acid groups (broad SMARTS) is 1. The number of carbonyl (C=O) groups is 1. The Kier molecular flexibility index (Phi) is 6.76. The lowest BCUT2D eigenvalue weighted by atomic mass is 10.0. The van der Waals surface area contributed by atoms with Crippen LogP contribution in [0.5, 0.6) is 17.2 Å². The standard InChI is InChI=1S/C24H21ClFNO7/c1-31-6-3-7-33-22-11-21-15(9-17(22)25)19-10-20(28)16(24(29)30)12-27(19)23(34-21)14-8-13(32-2)4-5-18(14)26/h4-5,8-12,23H,3,6-7H2,1-2H3,(H,29,30). The highest BCUT2D eigenvalue weighted by atomic mass is 35.5. The summed E-state index contributed by atoms with van der Waals surface area (Å²) >= 11 is 6.41. The quantitative estimate of drug-likeness (QED) is 0.469. The van der Waals surface area contributed by atoms with Gasteiger partial charge in [0, 0.05) is 44.0 Å². The molecule has 1 N–H and O–H groups in total. The number of methoxy groups -OCH3 is 2. The van der Waals surface area contributed by atoms with Gasteiger partial charge in [0.05, 0.1) is 30.0 Å². The van der Waals surface area contributed by atoms with Crippen LogP contribution in [0.2, 0.25) is 5.02 Å². The van der Waals surface area contributed by atoms with Crippen molar-refractivity contribution in [2.75, 3.05) is 27.4 Å². The van der Waals surface area contributed by atoms with Crippen molar-refractivity contribution in [1.29, 1.82) is 0 Å². The Morgan fingerprint density at radius 2 is 2.00 bits per heavy atom. The number of pyridine rings is 1. The first-order chi connectivity index (χ1) is 16.3. The van der Waals surface area contributed by atoms with Crippen LogP contribution in [0, 0.1) is 5.82 Å². The minimum Gasteiger partial charge on any atom is -0.497 e. The topological polar surface area (TPSA) is 96.2 Å². The molecule has 3 aromatic rings. The van der Waals surface area contributed by atoms with E-state index in [4.69, 9.17) is 30.5 Å². The molecule has 0 saturated carbocycles. The Labute approximate surface area is 199 Å². The molecule has 2 heterocycles. The first-order valence-electron chi connectivity index (χ1n) is 10.3. The minimum absolute atomic E-state index is 0.0868. The fraction of sp³-hybridized carbons (Fsp3) is 0.250. The van der Waals surface area contributed by atoms with E-state index < -0.39 is 29.0 Å². The molecule has 0 saturated heterocycles. The smallest absolute Gasteiger partial charge is 0.341 e. The van der Waals surface area contributed by atoms with Crippen molar-refractivity contribution in [1.82, 2.24) is 4.57 Å². The van der Waals surface area contributed by atoms with Gasteiger partial charge in [-0.05, 0) is 24.3 Å². The van der Waals surface area contributed by atoms with E-state index in [2.05, 4.69) is 0 Å². The molecule has 0 bridgehead atoms. The van der Waals surface area contributed by atoms with Crippen LogP contribution in [0.1, 0.15) is 28.6 Å². The Morgan fingerprint density at radius 3 is 2.71 bits per heavy atom. The van der Waals surface area contributed by atoms with Crippen molar-refractivity contribution in [3.8, 4) is 28.5 Å². The largest absolute Gasteiger partial charge is 0.497 e. The lowest BCUT2D eigenvalue weighted by Gasteiger charge is -2.32. The van der Waals surface area contributed by atoms with Crippen LogP contribution in [0.15, 0.2) is 47.4 Å². The second-order valence-corrected chi connectivity index (χ2v) is 7.89. The fourth-order valence-corrected chi connectivity index (χ4v) is 3.90. The number of aromatic nitrogens is 1. The molecule has 2 aromatic carbocycles. The SMILES string of the molecule is COCCCOc1cc2c(cc1Cl)-c1cc(=O)c(C(=O)O)cn1C(c1cc(OC)ccc1F)O2. The Hall–Kier alpha value is -3.56. The third-order valence-corrected chi connectivity index (χ3v) is 5.63. The first-order valence-corrected chi connectivity index (χ1v) is 10.7. The molecule has 1 aromatic heterocycles. The van der Waals surface area contributed by atoms with Crippen LogP contribution in [0.25, 0.3) is 11.3 Å². The van der Waals surface area contributed by atoms with Crippen molar-refractivity contribution >= 4 is 17.6 Å². The van der Waals surface area contributed by atoms with Crippen molar-refractivity contribution in [3.05, 3.63) is 74.8 Å². The Morgan fingerprint density at radius 1 is 1.21 bits per heavy atom. The van der Waals surface area contributed by atoms with Gasteiger partial charge in [0.2, 0.25) is 6.23 Å². The summed E-state index contributed by atoms with van der Waals surface area (Å²) in [6, 6.07) is 8.42. The number of ether oxygens (including phenoxy) is 4. The molecule has 34 heavy (non-hydrogen) atoms. The second-order valence-electron chi connectivity index (χ2n) is 7.48. The minimum atomic E-state index is -1.41. The van der Waals surface area contributed by atoms with E-state index in [0.29, 0.717) is 48.1 Å². The van der Waals surface area contributed by atoms with Gasteiger partial charge in [-0.3, -0.25) is 4.79 Å². The van der Waals surface area contributed by atoms with Gasteiger partial charge < -0.3 is 28.6 Å². The monoisotopic (exact) mass is 489 g/mol. The number of rotatable bonds is 8. The molecule has 0 aliphatic carbocycles. The second kappa shape index (κ2) is 9.74. The number of halogens is 2. The predicted molar refractivity (Wildman–Crippen MR) is 122 cm³/mol. The molecule has 1 atom stereocenters. The van der Waals surface area contributed by atoms with Gasteiger partial charge in [0.1, 0.15) is 28.6 Å². The maximum absolute atomic E-state index is 14.9. The molecule has 1 aliphatic rings. The highest BCUT2D eigenvalue weighted by Gasteiger charge is 2.31. The van der Waals surface area contributed by atoms with Crippen molar-refractivity contribution in [2.45, 2.75) is 12.6 Å². The van der Waals surface area contributed by atoms with Crippen LogP contribution in [-0.4, -0.2) is 43.1 Å². The molecule has 0 radical (unpaired) electrons. The zero-order valence-electron chi connectivity index (χ0n) is 18.3. The summed E-state index contributed by atoms with van der Waals surface area (Å²) in [5.74, 6) is -0.986. The van der Waals surface area contributed by atoms with Crippen LogP contribution in [-0.2, 0) is 4.74 Å². The summed E-state index contributed by atoms with van der Waals surface area (Å²) in [6.45, 7) is 0.858. The predicted octanol–water partition coefficient (Wildman–Crippen LogP) is 4.37. The van der Waals surface area contributed by atoms with E-state index in [9.17, 15) is 19.1 Å². The van der Waals surface area contributed by atoms with E-state index >= 15 is 0 Å². The maximum atomic E-state index is 14.9. The van der Waals surface area contributed by atoms with Gasteiger partial charge >= 0.3 is 5.97 Å². The molecule has 1 unspecified atom stereocenters. The number of carboxylic acids is 1. The summed E-state index contributed by atoms with van der Waals surface area (Å²) < 4.78 is 38.4. The number of fused-ring (bicyclic) bond motifs is 3.